The minimum absolute atomic E-state index is 0.0137. The first-order valence-electron chi connectivity index (χ1n) is 9.35. The van der Waals surface area contributed by atoms with Crippen LogP contribution in [0.3, 0.4) is 0 Å². The zero-order valence-corrected chi connectivity index (χ0v) is 16.1. The Balaban J connectivity index is 2.16. The molecule has 0 amide bonds. The average molecular weight is 357 g/mol. The lowest BCUT2D eigenvalue weighted by atomic mass is 10.1. The van der Waals surface area contributed by atoms with E-state index in [1.807, 2.05) is 18.4 Å². The first-order valence-corrected chi connectivity index (χ1v) is 9.35. The predicted molar refractivity (Wildman–Crippen MR) is 103 cm³/mol. The molecule has 140 valence electrons. The molecule has 0 N–H and O–H groups in total. The molecule has 2 aromatic rings. The van der Waals surface area contributed by atoms with E-state index >= 15 is 0 Å². The van der Waals surface area contributed by atoms with Crippen molar-refractivity contribution in [2.45, 2.75) is 59.1 Å². The number of ether oxygens (including phenoxy) is 1. The van der Waals surface area contributed by atoms with Gasteiger partial charge in [0.2, 0.25) is 5.95 Å². The lowest BCUT2D eigenvalue weighted by Crippen LogP contribution is -2.32. The average Bonchev–Trinajstić information content (AvgIpc) is 3.03. The first kappa shape index (κ1) is 18.3. The van der Waals surface area contributed by atoms with Crippen molar-refractivity contribution in [1.82, 2.24) is 19.1 Å². The highest BCUT2D eigenvalue weighted by Crippen LogP contribution is 2.24. The lowest BCUT2D eigenvalue weighted by molar-refractivity contribution is 0.190. The summed E-state index contributed by atoms with van der Waals surface area (Å²) in [6.45, 7) is 8.12. The molecule has 7 nitrogen and oxygen atoms in total. The molecule has 0 aromatic carbocycles. The number of fused-ring (bicyclic) bond motifs is 1. The predicted octanol–water partition coefficient (Wildman–Crippen LogP) is 2.32. The van der Waals surface area contributed by atoms with Crippen LogP contribution in [0.15, 0.2) is 4.79 Å². The van der Waals surface area contributed by atoms with Crippen LogP contribution in [0, 0.1) is 11.8 Å². The molecule has 2 aromatic heterocycles. The van der Waals surface area contributed by atoms with Crippen LogP contribution in [-0.2, 0) is 13.6 Å². The van der Waals surface area contributed by atoms with E-state index in [0.29, 0.717) is 23.7 Å². The molecule has 1 unspecified atom stereocenters. The van der Waals surface area contributed by atoms with Crippen LogP contribution in [0.4, 0.5) is 5.95 Å². The van der Waals surface area contributed by atoms with E-state index in [-0.39, 0.29) is 11.7 Å². The molecule has 1 fully saturated rings. The van der Waals surface area contributed by atoms with E-state index in [1.165, 1.54) is 11.0 Å². The van der Waals surface area contributed by atoms with Crippen LogP contribution in [-0.4, -0.2) is 38.3 Å². The van der Waals surface area contributed by atoms with Crippen LogP contribution >= 0.6 is 0 Å². The Bertz CT molecular complexity index is 897. The molecule has 1 atom stereocenters. The van der Waals surface area contributed by atoms with Gasteiger partial charge in [-0.2, -0.15) is 9.97 Å². The zero-order chi connectivity index (χ0) is 18.7. The molecule has 0 spiro atoms. The quantitative estimate of drug-likeness (QED) is 0.769. The number of nitrogens with zero attached hydrogens (tertiary/aromatic N) is 5. The fourth-order valence-corrected chi connectivity index (χ4v) is 3.14. The first-order chi connectivity index (χ1) is 12.6. The summed E-state index contributed by atoms with van der Waals surface area (Å²) in [6, 6.07) is 0.313. The normalized spacial score (nSPS) is 15.6. The van der Waals surface area contributed by atoms with E-state index < -0.39 is 0 Å². The van der Waals surface area contributed by atoms with Gasteiger partial charge in [0.1, 0.15) is 0 Å². The van der Waals surface area contributed by atoms with Gasteiger partial charge in [-0.25, -0.2) is 0 Å². The summed E-state index contributed by atoms with van der Waals surface area (Å²) in [7, 11) is 1.69. The highest BCUT2D eigenvalue weighted by atomic mass is 16.5. The molecule has 3 rings (SSSR count). The van der Waals surface area contributed by atoms with Crippen LogP contribution in [0.25, 0.3) is 11.2 Å². The van der Waals surface area contributed by atoms with E-state index in [1.54, 1.807) is 14.0 Å². The second kappa shape index (κ2) is 7.81. The third kappa shape index (κ3) is 3.41. The summed E-state index contributed by atoms with van der Waals surface area (Å²) in [4.78, 5) is 24.5. The molecule has 26 heavy (non-hydrogen) atoms. The summed E-state index contributed by atoms with van der Waals surface area (Å²) in [5.41, 5.74) is 0.777. The fourth-order valence-electron chi connectivity index (χ4n) is 3.14. The second-order valence-corrected chi connectivity index (χ2v) is 6.74. The molecule has 7 heteroatoms. The molecular formula is C19H27N5O2. The molecular weight excluding hydrogens is 330 g/mol. The second-order valence-electron chi connectivity index (χ2n) is 6.74. The third-order valence-corrected chi connectivity index (χ3v) is 4.86. The van der Waals surface area contributed by atoms with Gasteiger partial charge < -0.3 is 9.64 Å². The minimum Gasteiger partial charge on any atom is -0.462 e. The molecule has 0 saturated carbocycles. The summed E-state index contributed by atoms with van der Waals surface area (Å²) in [6.07, 6.45) is 4.33. The van der Waals surface area contributed by atoms with Gasteiger partial charge in [0.15, 0.2) is 11.2 Å². The highest BCUT2D eigenvalue weighted by Gasteiger charge is 2.23. The van der Waals surface area contributed by atoms with Gasteiger partial charge in [-0.3, -0.25) is 13.9 Å². The number of rotatable bonds is 5. The van der Waals surface area contributed by atoms with Crippen molar-refractivity contribution in [3.05, 3.63) is 10.4 Å². The van der Waals surface area contributed by atoms with Crippen molar-refractivity contribution in [2.24, 2.45) is 7.05 Å². The van der Waals surface area contributed by atoms with Crippen LogP contribution in [0.1, 0.15) is 46.5 Å². The Morgan fingerprint density at radius 1 is 1.23 bits per heavy atom. The topological polar surface area (TPSA) is 65.2 Å². The maximum Gasteiger partial charge on any atom is 0.301 e. The van der Waals surface area contributed by atoms with E-state index in [9.17, 15) is 4.79 Å². The molecule has 1 saturated heterocycles. The standard InChI is InChI=1S/C19H27N5O2/c1-5-7-13-24-15-16(20-18(24)23-11-9-8-10-12-23)21-19(22(4)17(15)25)26-14(3)6-2/h14H,6,8-13H2,1-4H3. The number of imidazole rings is 1. The third-order valence-electron chi connectivity index (χ3n) is 4.86. The number of anilines is 1. The molecule has 1 aliphatic heterocycles. The van der Waals surface area contributed by atoms with Gasteiger partial charge in [-0.15, -0.1) is 5.92 Å². The van der Waals surface area contributed by atoms with Crippen LogP contribution in [0.2, 0.25) is 0 Å². The van der Waals surface area contributed by atoms with Gasteiger partial charge >= 0.3 is 6.01 Å². The molecule has 1 aliphatic rings. The SMILES string of the molecule is CC#CCn1c(N2CCCCC2)nc2nc(OC(C)CC)n(C)c(=O)c21. The highest BCUT2D eigenvalue weighted by molar-refractivity contribution is 5.74. The van der Waals surface area contributed by atoms with Gasteiger partial charge in [-0.05, 0) is 39.5 Å². The molecule has 0 bridgehead atoms. The van der Waals surface area contributed by atoms with Crippen LogP contribution in [0.5, 0.6) is 6.01 Å². The van der Waals surface area contributed by atoms with Gasteiger partial charge in [0, 0.05) is 20.1 Å². The zero-order valence-electron chi connectivity index (χ0n) is 16.1. The number of hydrogen-bond donors (Lipinski definition) is 0. The van der Waals surface area contributed by atoms with Crippen molar-refractivity contribution < 1.29 is 4.74 Å². The van der Waals surface area contributed by atoms with E-state index in [2.05, 4.69) is 21.7 Å². The van der Waals surface area contributed by atoms with Crippen molar-refractivity contribution in [3.63, 3.8) is 0 Å². The van der Waals surface area contributed by atoms with Gasteiger partial charge in [-0.1, -0.05) is 12.8 Å². The maximum atomic E-state index is 13.0. The molecule has 3 heterocycles. The fraction of sp³-hybridized carbons (Fsp3) is 0.632. The Hall–Kier alpha value is -2.49. The number of piperidine rings is 1. The van der Waals surface area contributed by atoms with E-state index in [0.717, 1.165) is 38.3 Å². The van der Waals surface area contributed by atoms with Crippen molar-refractivity contribution in [1.29, 1.82) is 0 Å². The van der Waals surface area contributed by atoms with E-state index in [4.69, 9.17) is 9.72 Å². The smallest absolute Gasteiger partial charge is 0.301 e. The summed E-state index contributed by atoms with van der Waals surface area (Å²) >= 11 is 0. The number of aromatic nitrogens is 4. The molecule has 0 aliphatic carbocycles. The van der Waals surface area contributed by atoms with Crippen molar-refractivity contribution >= 4 is 17.1 Å². The summed E-state index contributed by atoms with van der Waals surface area (Å²) in [5, 5.41) is 0. The van der Waals surface area contributed by atoms with Crippen molar-refractivity contribution in [2.75, 3.05) is 18.0 Å². The summed E-state index contributed by atoms with van der Waals surface area (Å²) < 4.78 is 9.19. The largest absolute Gasteiger partial charge is 0.462 e. The van der Waals surface area contributed by atoms with Gasteiger partial charge in [0.25, 0.3) is 5.56 Å². The Kier molecular flexibility index (Phi) is 5.50. The Morgan fingerprint density at radius 2 is 1.96 bits per heavy atom. The maximum absolute atomic E-state index is 13.0. The minimum atomic E-state index is -0.151. The Morgan fingerprint density at radius 3 is 2.62 bits per heavy atom. The Labute approximate surface area is 154 Å². The molecule has 0 radical (unpaired) electrons. The summed E-state index contributed by atoms with van der Waals surface area (Å²) in [5.74, 6) is 6.76. The lowest BCUT2D eigenvalue weighted by Gasteiger charge is -2.27. The number of hydrogen-bond acceptors (Lipinski definition) is 5. The van der Waals surface area contributed by atoms with Crippen molar-refractivity contribution in [3.8, 4) is 17.9 Å². The van der Waals surface area contributed by atoms with Crippen LogP contribution < -0.4 is 15.2 Å². The monoisotopic (exact) mass is 357 g/mol. The van der Waals surface area contributed by atoms with Gasteiger partial charge in [0.05, 0.1) is 12.6 Å².